The second-order valence-electron chi connectivity index (χ2n) is 5.30. The molecule has 1 atom stereocenters. The molecule has 0 amide bonds. The molecule has 0 bridgehead atoms. The van der Waals surface area contributed by atoms with Crippen LogP contribution in [0.15, 0.2) is 28.8 Å². The maximum atomic E-state index is 5.35. The summed E-state index contributed by atoms with van der Waals surface area (Å²) in [5, 5.41) is 7.41. The molecule has 1 aromatic heterocycles. The summed E-state index contributed by atoms with van der Waals surface area (Å²) in [4.78, 5) is 6.72. The molecule has 1 aliphatic rings. The summed E-state index contributed by atoms with van der Waals surface area (Å²) in [5.74, 6) is 2.08. The van der Waals surface area contributed by atoms with Gasteiger partial charge in [0.15, 0.2) is 0 Å². The Hall–Kier alpha value is -1.92. The van der Waals surface area contributed by atoms with E-state index in [1.54, 1.807) is 7.11 Å². The van der Waals surface area contributed by atoms with Gasteiger partial charge >= 0.3 is 0 Å². The monoisotopic (exact) mass is 288 g/mol. The molecular weight excluding hydrogens is 268 g/mol. The van der Waals surface area contributed by atoms with E-state index in [4.69, 9.17) is 9.26 Å². The van der Waals surface area contributed by atoms with Crippen molar-refractivity contribution in [3.8, 4) is 17.1 Å². The number of ether oxygens (including phenoxy) is 1. The highest BCUT2D eigenvalue weighted by atomic mass is 16.5. The number of nitrogens with one attached hydrogen (secondary N) is 1. The van der Waals surface area contributed by atoms with Crippen LogP contribution in [-0.2, 0) is 6.54 Å². The van der Waals surface area contributed by atoms with E-state index >= 15 is 0 Å². The van der Waals surface area contributed by atoms with Gasteiger partial charge in [-0.1, -0.05) is 5.16 Å². The van der Waals surface area contributed by atoms with Crippen molar-refractivity contribution in [3.63, 3.8) is 0 Å². The minimum Gasteiger partial charge on any atom is -0.497 e. The van der Waals surface area contributed by atoms with Gasteiger partial charge in [0.2, 0.25) is 11.7 Å². The van der Waals surface area contributed by atoms with Crippen molar-refractivity contribution in [1.29, 1.82) is 0 Å². The smallest absolute Gasteiger partial charge is 0.241 e. The van der Waals surface area contributed by atoms with E-state index in [1.165, 1.54) is 0 Å². The van der Waals surface area contributed by atoms with Crippen LogP contribution in [0.2, 0.25) is 0 Å². The van der Waals surface area contributed by atoms with Crippen molar-refractivity contribution in [2.75, 3.05) is 27.2 Å². The Kier molecular flexibility index (Phi) is 4.17. The molecule has 0 aliphatic carbocycles. The largest absolute Gasteiger partial charge is 0.497 e. The fraction of sp³-hybridized carbons (Fsp3) is 0.467. The van der Waals surface area contributed by atoms with Crippen molar-refractivity contribution in [2.24, 2.45) is 0 Å². The Morgan fingerprint density at radius 3 is 2.86 bits per heavy atom. The molecule has 0 saturated carbocycles. The molecule has 1 aromatic carbocycles. The number of benzene rings is 1. The van der Waals surface area contributed by atoms with Gasteiger partial charge in [-0.3, -0.25) is 4.90 Å². The quantitative estimate of drug-likeness (QED) is 0.900. The Morgan fingerprint density at radius 1 is 1.38 bits per heavy atom. The lowest BCUT2D eigenvalue weighted by molar-refractivity contribution is 0.214. The lowest BCUT2D eigenvalue weighted by atomic mass is 10.2. The van der Waals surface area contributed by atoms with Gasteiger partial charge in [0.1, 0.15) is 5.75 Å². The van der Waals surface area contributed by atoms with E-state index in [9.17, 15) is 0 Å². The van der Waals surface area contributed by atoms with E-state index < -0.39 is 0 Å². The number of hydrogen-bond donors (Lipinski definition) is 1. The zero-order valence-electron chi connectivity index (χ0n) is 12.4. The molecule has 6 heteroatoms. The lowest BCUT2D eigenvalue weighted by Crippen LogP contribution is -2.32. The topological polar surface area (TPSA) is 63.4 Å². The van der Waals surface area contributed by atoms with Crippen molar-refractivity contribution in [1.82, 2.24) is 20.4 Å². The molecule has 1 aliphatic heterocycles. The molecule has 0 spiro atoms. The van der Waals surface area contributed by atoms with Crippen LogP contribution in [0, 0.1) is 0 Å². The van der Waals surface area contributed by atoms with Gasteiger partial charge in [0, 0.05) is 18.2 Å². The summed E-state index contributed by atoms with van der Waals surface area (Å²) in [6.45, 7) is 2.78. The molecule has 1 fully saturated rings. The van der Waals surface area contributed by atoms with Crippen molar-refractivity contribution in [3.05, 3.63) is 30.2 Å². The summed E-state index contributed by atoms with van der Waals surface area (Å²) in [5.41, 5.74) is 0.927. The minimum atomic E-state index is 0.543. The fourth-order valence-corrected chi connectivity index (χ4v) is 2.53. The van der Waals surface area contributed by atoms with Crippen LogP contribution >= 0.6 is 0 Å². The average Bonchev–Trinajstić information content (AvgIpc) is 3.19. The normalized spacial score (nSPS) is 18.3. The highest BCUT2D eigenvalue weighted by Crippen LogP contribution is 2.20. The Bertz CT molecular complexity index is 576. The lowest BCUT2D eigenvalue weighted by Gasteiger charge is -2.21. The van der Waals surface area contributed by atoms with E-state index in [0.29, 0.717) is 24.3 Å². The third-order valence-electron chi connectivity index (χ3n) is 3.86. The van der Waals surface area contributed by atoms with Gasteiger partial charge in [-0.15, -0.1) is 0 Å². The molecule has 112 valence electrons. The second kappa shape index (κ2) is 6.24. The third kappa shape index (κ3) is 3.22. The van der Waals surface area contributed by atoms with Crippen LogP contribution in [0.1, 0.15) is 12.3 Å². The average molecular weight is 288 g/mol. The molecular formula is C15H20N4O2. The Morgan fingerprint density at radius 2 is 2.19 bits per heavy atom. The number of nitrogens with zero attached hydrogens (tertiary/aromatic N) is 3. The number of methoxy groups -OCH3 is 1. The predicted molar refractivity (Wildman–Crippen MR) is 79.0 cm³/mol. The van der Waals surface area contributed by atoms with Crippen molar-refractivity contribution < 1.29 is 9.26 Å². The third-order valence-corrected chi connectivity index (χ3v) is 3.86. The summed E-state index contributed by atoms with van der Waals surface area (Å²) in [6, 6.07) is 8.18. The minimum absolute atomic E-state index is 0.543. The summed E-state index contributed by atoms with van der Waals surface area (Å²) >= 11 is 0. The second-order valence-corrected chi connectivity index (χ2v) is 5.30. The molecule has 1 N–H and O–H groups in total. The maximum Gasteiger partial charge on any atom is 0.241 e. The fourth-order valence-electron chi connectivity index (χ4n) is 2.53. The number of aromatic nitrogens is 2. The first-order valence-corrected chi connectivity index (χ1v) is 7.14. The molecule has 6 nitrogen and oxygen atoms in total. The van der Waals surface area contributed by atoms with E-state index in [2.05, 4.69) is 27.4 Å². The van der Waals surface area contributed by atoms with Gasteiger partial charge in [-0.25, -0.2) is 0 Å². The van der Waals surface area contributed by atoms with Crippen molar-refractivity contribution in [2.45, 2.75) is 19.0 Å². The summed E-state index contributed by atoms with van der Waals surface area (Å²) < 4.78 is 10.5. The van der Waals surface area contributed by atoms with Gasteiger partial charge < -0.3 is 14.6 Å². The maximum absolute atomic E-state index is 5.35. The van der Waals surface area contributed by atoms with Gasteiger partial charge in [0.05, 0.1) is 13.7 Å². The van der Waals surface area contributed by atoms with Crippen LogP contribution in [0.5, 0.6) is 5.75 Å². The Labute approximate surface area is 124 Å². The zero-order valence-corrected chi connectivity index (χ0v) is 12.4. The SMILES string of the molecule is COc1ccc(-c2noc(CN(C)C3CCNC3)n2)cc1. The molecule has 3 rings (SSSR count). The highest BCUT2D eigenvalue weighted by molar-refractivity contribution is 5.55. The summed E-state index contributed by atoms with van der Waals surface area (Å²) in [7, 11) is 3.74. The first-order valence-electron chi connectivity index (χ1n) is 7.14. The predicted octanol–water partition coefficient (Wildman–Crippen LogP) is 1.54. The van der Waals surface area contributed by atoms with Crippen LogP contribution in [0.3, 0.4) is 0 Å². The zero-order chi connectivity index (χ0) is 14.7. The molecule has 1 saturated heterocycles. The highest BCUT2D eigenvalue weighted by Gasteiger charge is 2.21. The molecule has 21 heavy (non-hydrogen) atoms. The standard InChI is InChI=1S/C15H20N4O2/c1-19(12-7-8-16-9-12)10-14-17-15(18-21-14)11-3-5-13(20-2)6-4-11/h3-6,12,16H,7-10H2,1-2H3. The summed E-state index contributed by atoms with van der Waals surface area (Å²) in [6.07, 6.45) is 1.16. The van der Waals surface area contributed by atoms with Crippen molar-refractivity contribution >= 4 is 0 Å². The van der Waals surface area contributed by atoms with E-state index in [-0.39, 0.29) is 0 Å². The Balaban J connectivity index is 1.67. The molecule has 1 unspecified atom stereocenters. The first-order chi connectivity index (χ1) is 10.3. The first kappa shape index (κ1) is 14.0. The van der Waals surface area contributed by atoms with Gasteiger partial charge in [-0.05, 0) is 44.3 Å². The number of rotatable bonds is 5. The van der Waals surface area contributed by atoms with Crippen LogP contribution in [0.4, 0.5) is 0 Å². The molecule has 2 heterocycles. The number of likely N-dealkylation sites (N-methyl/N-ethyl adjacent to an activating group) is 1. The van der Waals surface area contributed by atoms with E-state index in [0.717, 1.165) is 30.8 Å². The van der Waals surface area contributed by atoms with Gasteiger partial charge in [0.25, 0.3) is 0 Å². The molecule has 2 aromatic rings. The number of hydrogen-bond acceptors (Lipinski definition) is 6. The van der Waals surface area contributed by atoms with Crippen LogP contribution in [0.25, 0.3) is 11.4 Å². The molecule has 0 radical (unpaired) electrons. The van der Waals surface area contributed by atoms with E-state index in [1.807, 2.05) is 24.3 Å². The van der Waals surface area contributed by atoms with Crippen LogP contribution < -0.4 is 10.1 Å². The van der Waals surface area contributed by atoms with Crippen LogP contribution in [-0.4, -0.2) is 48.3 Å². The van der Waals surface area contributed by atoms with Gasteiger partial charge in [-0.2, -0.15) is 4.98 Å².